The van der Waals surface area contributed by atoms with E-state index in [1.165, 1.54) is 161 Å². The standard InChI is InChI=1S/C59H113N2O7P/c1-7-10-13-16-19-22-25-27-29-30-32-34-37-40-43-46-49-52-59(63)68-57(50-47-44-41-38-35-24-21-18-15-12-9-3)56(55-67-69(64,65)66-54-53-61(4,5)6)60-58(62)51-48-45-42-39-36-33-31-28-26-23-20-17-14-11-8-2/h23,26-27,29,47,50,56-57H,7-22,24-25,28,30-46,48-49,51-55H2,1-6H3,(H-,60,62,64,65)/b26-23-,29-27+,50-47+. The zero-order valence-electron chi connectivity index (χ0n) is 46.3. The van der Waals surface area contributed by atoms with Gasteiger partial charge in [-0.2, -0.15) is 0 Å². The van der Waals surface area contributed by atoms with Gasteiger partial charge in [0.25, 0.3) is 7.82 Å². The molecular weight excluding hydrogens is 880 g/mol. The summed E-state index contributed by atoms with van der Waals surface area (Å²) in [6.45, 7) is 6.83. The number of carbonyl (C=O) groups excluding carboxylic acids is 2. The van der Waals surface area contributed by atoms with Crippen LogP contribution in [0.3, 0.4) is 0 Å². The van der Waals surface area contributed by atoms with Crippen LogP contribution in [0.4, 0.5) is 0 Å². The van der Waals surface area contributed by atoms with Gasteiger partial charge in [0.15, 0.2) is 0 Å². The zero-order chi connectivity index (χ0) is 50.8. The van der Waals surface area contributed by atoms with E-state index in [0.29, 0.717) is 17.4 Å². The number of esters is 1. The van der Waals surface area contributed by atoms with Gasteiger partial charge in [0.2, 0.25) is 5.91 Å². The van der Waals surface area contributed by atoms with Crippen molar-refractivity contribution >= 4 is 19.7 Å². The lowest BCUT2D eigenvalue weighted by molar-refractivity contribution is -0.870. The zero-order valence-corrected chi connectivity index (χ0v) is 47.2. The highest BCUT2D eigenvalue weighted by atomic mass is 31.2. The van der Waals surface area contributed by atoms with Gasteiger partial charge < -0.3 is 28.5 Å². The highest BCUT2D eigenvalue weighted by molar-refractivity contribution is 7.45. The van der Waals surface area contributed by atoms with Crippen molar-refractivity contribution < 1.29 is 37.3 Å². The number of phosphoric acid groups is 1. The van der Waals surface area contributed by atoms with Gasteiger partial charge in [-0.1, -0.05) is 218 Å². The fourth-order valence-corrected chi connectivity index (χ4v) is 9.18. The van der Waals surface area contributed by atoms with Gasteiger partial charge in [0.1, 0.15) is 19.3 Å². The van der Waals surface area contributed by atoms with Crippen molar-refractivity contribution in [2.75, 3.05) is 40.9 Å². The molecule has 406 valence electrons. The Morgan fingerprint density at radius 1 is 0.493 bits per heavy atom. The number of unbranched alkanes of at least 4 members (excludes halogenated alkanes) is 33. The molecule has 3 atom stereocenters. The number of nitrogens with one attached hydrogen (secondary N) is 1. The van der Waals surface area contributed by atoms with E-state index in [9.17, 15) is 19.0 Å². The summed E-state index contributed by atoms with van der Waals surface area (Å²) in [4.78, 5) is 39.8. The van der Waals surface area contributed by atoms with Crippen LogP contribution in [-0.2, 0) is 27.9 Å². The van der Waals surface area contributed by atoms with Gasteiger partial charge in [-0.25, -0.2) is 0 Å². The molecule has 0 heterocycles. The van der Waals surface area contributed by atoms with Gasteiger partial charge in [-0.05, 0) is 83.1 Å². The van der Waals surface area contributed by atoms with E-state index in [1.807, 2.05) is 33.3 Å². The van der Waals surface area contributed by atoms with Crippen LogP contribution in [0.25, 0.3) is 0 Å². The Morgan fingerprint density at radius 3 is 1.25 bits per heavy atom. The Morgan fingerprint density at radius 2 is 0.841 bits per heavy atom. The maximum atomic E-state index is 13.5. The van der Waals surface area contributed by atoms with Crippen LogP contribution in [0.5, 0.6) is 0 Å². The number of hydrogen-bond donors (Lipinski definition) is 1. The average molecular weight is 994 g/mol. The molecule has 1 N–H and O–H groups in total. The molecule has 0 aromatic rings. The Bertz CT molecular complexity index is 1280. The molecule has 10 heteroatoms. The molecule has 0 saturated carbocycles. The van der Waals surface area contributed by atoms with Crippen LogP contribution >= 0.6 is 7.82 Å². The molecule has 0 aliphatic heterocycles. The first kappa shape index (κ1) is 67.2. The summed E-state index contributed by atoms with van der Waals surface area (Å²) in [6, 6.07) is -0.888. The highest BCUT2D eigenvalue weighted by Crippen LogP contribution is 2.38. The molecule has 0 aromatic carbocycles. The topological polar surface area (TPSA) is 114 Å². The van der Waals surface area contributed by atoms with Gasteiger partial charge >= 0.3 is 5.97 Å². The van der Waals surface area contributed by atoms with Gasteiger partial charge in [-0.3, -0.25) is 14.2 Å². The number of amides is 1. The lowest BCUT2D eigenvalue weighted by Crippen LogP contribution is -2.47. The summed E-state index contributed by atoms with van der Waals surface area (Å²) in [5, 5.41) is 3.02. The van der Waals surface area contributed by atoms with E-state index in [2.05, 4.69) is 50.4 Å². The minimum absolute atomic E-state index is 0.0225. The van der Waals surface area contributed by atoms with E-state index in [1.54, 1.807) is 0 Å². The summed E-state index contributed by atoms with van der Waals surface area (Å²) >= 11 is 0. The summed E-state index contributed by atoms with van der Waals surface area (Å²) < 4.78 is 30.2. The Kier molecular flexibility index (Phi) is 48.5. The fourth-order valence-electron chi connectivity index (χ4n) is 8.45. The van der Waals surface area contributed by atoms with Gasteiger partial charge in [0, 0.05) is 12.8 Å². The number of allylic oxidation sites excluding steroid dienone is 5. The fraction of sp³-hybridized carbons (Fsp3) is 0.864. The van der Waals surface area contributed by atoms with Crippen LogP contribution in [0.15, 0.2) is 36.5 Å². The molecule has 0 rings (SSSR count). The van der Waals surface area contributed by atoms with Crippen LogP contribution in [0, 0.1) is 0 Å². The predicted molar refractivity (Wildman–Crippen MR) is 293 cm³/mol. The Hall–Kier alpha value is -1.77. The second kappa shape index (κ2) is 49.8. The molecule has 0 radical (unpaired) electrons. The summed E-state index contributed by atoms with van der Waals surface area (Å²) in [5.41, 5.74) is 0. The number of carbonyl (C=O) groups is 2. The number of likely N-dealkylation sites (N-methyl/N-ethyl adjacent to an activating group) is 1. The number of ether oxygens (including phenoxy) is 1. The second-order valence-corrected chi connectivity index (χ2v) is 22.6. The lowest BCUT2D eigenvalue weighted by atomic mass is 10.1. The van der Waals surface area contributed by atoms with Crippen molar-refractivity contribution in [3.05, 3.63) is 36.5 Å². The van der Waals surface area contributed by atoms with Crippen LogP contribution in [-0.4, -0.2) is 69.4 Å². The van der Waals surface area contributed by atoms with Crippen LogP contribution in [0.2, 0.25) is 0 Å². The van der Waals surface area contributed by atoms with E-state index in [-0.39, 0.29) is 31.5 Å². The molecule has 69 heavy (non-hydrogen) atoms. The third-order valence-corrected chi connectivity index (χ3v) is 14.0. The number of rotatable bonds is 53. The molecule has 0 aromatic heterocycles. The van der Waals surface area contributed by atoms with E-state index < -0.39 is 20.0 Å². The third kappa shape index (κ3) is 51.0. The number of hydrogen-bond acceptors (Lipinski definition) is 7. The highest BCUT2D eigenvalue weighted by Gasteiger charge is 2.27. The number of quaternary nitrogens is 1. The molecule has 0 bridgehead atoms. The molecule has 0 aliphatic rings. The van der Waals surface area contributed by atoms with Crippen molar-refractivity contribution in [1.29, 1.82) is 0 Å². The Balaban J connectivity index is 5.29. The smallest absolute Gasteiger partial charge is 0.306 e. The predicted octanol–water partition coefficient (Wildman–Crippen LogP) is 16.9. The quantitative estimate of drug-likeness (QED) is 0.0212. The number of phosphoric ester groups is 1. The summed E-state index contributed by atoms with van der Waals surface area (Å²) in [6.07, 6.45) is 58.1. The molecule has 0 fully saturated rings. The first-order valence-electron chi connectivity index (χ1n) is 29.3. The Labute approximate surface area is 427 Å². The largest absolute Gasteiger partial charge is 0.756 e. The van der Waals surface area contributed by atoms with Gasteiger partial charge in [-0.15, -0.1) is 0 Å². The summed E-state index contributed by atoms with van der Waals surface area (Å²) in [5.74, 6) is -0.544. The molecule has 9 nitrogen and oxygen atoms in total. The first-order valence-corrected chi connectivity index (χ1v) is 30.8. The second-order valence-electron chi connectivity index (χ2n) is 21.1. The van der Waals surface area contributed by atoms with Crippen molar-refractivity contribution in [3.8, 4) is 0 Å². The monoisotopic (exact) mass is 993 g/mol. The molecular formula is C59H113N2O7P. The van der Waals surface area contributed by atoms with E-state index in [4.69, 9.17) is 13.8 Å². The average Bonchev–Trinajstić information content (AvgIpc) is 3.31. The van der Waals surface area contributed by atoms with Crippen LogP contribution < -0.4 is 10.2 Å². The molecule has 0 spiro atoms. The molecule has 0 saturated heterocycles. The maximum absolute atomic E-state index is 13.5. The maximum Gasteiger partial charge on any atom is 0.306 e. The molecule has 0 aliphatic carbocycles. The van der Waals surface area contributed by atoms with E-state index >= 15 is 0 Å². The third-order valence-electron chi connectivity index (χ3n) is 13.0. The van der Waals surface area contributed by atoms with E-state index in [0.717, 1.165) is 83.5 Å². The van der Waals surface area contributed by atoms with Crippen molar-refractivity contribution in [1.82, 2.24) is 5.32 Å². The van der Waals surface area contributed by atoms with Crippen molar-refractivity contribution in [2.45, 2.75) is 290 Å². The number of nitrogens with zero attached hydrogens (tertiary/aromatic N) is 1. The van der Waals surface area contributed by atoms with Crippen molar-refractivity contribution in [3.63, 3.8) is 0 Å². The van der Waals surface area contributed by atoms with Gasteiger partial charge in [0.05, 0.1) is 33.8 Å². The normalized spacial score (nSPS) is 14.0. The van der Waals surface area contributed by atoms with Crippen LogP contribution in [0.1, 0.15) is 278 Å². The minimum Gasteiger partial charge on any atom is -0.756 e. The molecule has 1 amide bonds. The SMILES string of the molecule is CCCCCC/C=C\CCCCCCCCCC(=O)NC(COP(=O)([O-])OCC[N+](C)(C)C)C(/C=C/CCCCCCCCCCC)OC(=O)CCCCCCCCC/C=C/CCCCCCCC. The first-order chi connectivity index (χ1) is 33.4. The summed E-state index contributed by atoms with van der Waals surface area (Å²) in [7, 11) is 1.19. The minimum atomic E-state index is -4.69. The van der Waals surface area contributed by atoms with Crippen molar-refractivity contribution in [2.24, 2.45) is 0 Å². The lowest BCUT2D eigenvalue weighted by Gasteiger charge is -2.30. The molecule has 3 unspecified atom stereocenters.